The standard InChI is InChI=1S/C25H22N2O5/c1-30-19-12-8-16(9-13-19)22-21-23(32-27(22)18-6-4-3-5-7-18)25(29)26(24(21)28)17-10-14-20(31-2)15-11-17/h3-15,21-23H,1-2H3/t21-,22-,23-/m1/s1. The van der Waals surface area contributed by atoms with Crippen LogP contribution < -0.4 is 19.4 Å². The average molecular weight is 430 g/mol. The Morgan fingerprint density at radius 1 is 0.719 bits per heavy atom. The minimum absolute atomic E-state index is 0.288. The fourth-order valence-electron chi connectivity index (χ4n) is 4.34. The quantitative estimate of drug-likeness (QED) is 0.575. The molecule has 0 aliphatic carbocycles. The van der Waals surface area contributed by atoms with Gasteiger partial charge in [-0.2, -0.15) is 0 Å². The van der Waals surface area contributed by atoms with Crippen molar-refractivity contribution in [2.45, 2.75) is 12.1 Å². The van der Waals surface area contributed by atoms with Crippen LogP contribution in [0, 0.1) is 5.92 Å². The largest absolute Gasteiger partial charge is 0.497 e. The summed E-state index contributed by atoms with van der Waals surface area (Å²) in [5.41, 5.74) is 2.14. The highest BCUT2D eigenvalue weighted by molar-refractivity contribution is 6.23. The third kappa shape index (κ3) is 3.18. The molecule has 3 aromatic carbocycles. The lowest BCUT2D eigenvalue weighted by Gasteiger charge is -2.28. The van der Waals surface area contributed by atoms with Crippen LogP contribution in [0.5, 0.6) is 11.5 Å². The van der Waals surface area contributed by atoms with E-state index in [9.17, 15) is 9.59 Å². The SMILES string of the molecule is COc1ccc([C@@H]2[C@H]3C(=O)N(c4ccc(OC)cc4)C(=O)[C@@H]3ON2c2ccccc2)cc1. The summed E-state index contributed by atoms with van der Waals surface area (Å²) >= 11 is 0. The maximum atomic E-state index is 13.6. The van der Waals surface area contributed by atoms with Gasteiger partial charge in [-0.05, 0) is 54.1 Å². The Kier molecular flexibility index (Phi) is 5.03. The van der Waals surface area contributed by atoms with Crippen molar-refractivity contribution in [2.75, 3.05) is 24.2 Å². The Morgan fingerprint density at radius 3 is 1.91 bits per heavy atom. The zero-order valence-electron chi connectivity index (χ0n) is 17.7. The summed E-state index contributed by atoms with van der Waals surface area (Å²) in [4.78, 5) is 34.2. The summed E-state index contributed by atoms with van der Waals surface area (Å²) in [7, 11) is 3.17. The number of hydroxylamine groups is 1. The molecule has 3 aromatic rings. The summed E-state index contributed by atoms with van der Waals surface area (Å²) in [6, 6.07) is 23.4. The molecule has 0 spiro atoms. The number of carbonyl (C=O) groups is 2. The predicted octanol–water partition coefficient (Wildman–Crippen LogP) is 3.75. The number of amides is 2. The second-order valence-electron chi connectivity index (χ2n) is 7.64. The molecule has 2 fully saturated rings. The number of imide groups is 1. The van der Waals surface area contributed by atoms with Crippen molar-refractivity contribution in [1.29, 1.82) is 0 Å². The van der Waals surface area contributed by atoms with Gasteiger partial charge in [0.05, 0.1) is 31.6 Å². The summed E-state index contributed by atoms with van der Waals surface area (Å²) in [5.74, 6) is 0.0181. The van der Waals surface area contributed by atoms with Gasteiger partial charge >= 0.3 is 0 Å². The van der Waals surface area contributed by atoms with Crippen LogP contribution in [-0.2, 0) is 14.4 Å². The Labute approximate surface area is 185 Å². The number of benzene rings is 3. The fourth-order valence-corrected chi connectivity index (χ4v) is 4.34. The number of rotatable bonds is 5. The van der Waals surface area contributed by atoms with Crippen LogP contribution >= 0.6 is 0 Å². The number of hydrogen-bond acceptors (Lipinski definition) is 6. The zero-order valence-corrected chi connectivity index (χ0v) is 17.7. The van der Waals surface area contributed by atoms with E-state index in [-0.39, 0.29) is 11.8 Å². The first kappa shape index (κ1) is 20.1. The fraction of sp³-hybridized carbons (Fsp3) is 0.200. The molecule has 2 heterocycles. The average Bonchev–Trinajstić information content (AvgIpc) is 3.36. The van der Waals surface area contributed by atoms with Crippen LogP contribution in [0.4, 0.5) is 11.4 Å². The molecule has 5 rings (SSSR count). The molecule has 32 heavy (non-hydrogen) atoms. The molecule has 3 atom stereocenters. The highest BCUT2D eigenvalue weighted by Crippen LogP contribution is 2.47. The third-order valence-corrected chi connectivity index (χ3v) is 5.91. The van der Waals surface area contributed by atoms with Crippen molar-refractivity contribution >= 4 is 23.2 Å². The number of nitrogens with zero attached hydrogens (tertiary/aromatic N) is 2. The number of fused-ring (bicyclic) bond motifs is 1. The van der Waals surface area contributed by atoms with Crippen LogP contribution in [0.25, 0.3) is 0 Å². The van der Waals surface area contributed by atoms with E-state index in [1.165, 1.54) is 4.90 Å². The first-order valence-electron chi connectivity index (χ1n) is 10.3. The second-order valence-corrected chi connectivity index (χ2v) is 7.64. The molecule has 7 heteroatoms. The second kappa shape index (κ2) is 8.01. The molecule has 0 bridgehead atoms. The van der Waals surface area contributed by atoms with Crippen molar-refractivity contribution in [3.05, 3.63) is 84.4 Å². The van der Waals surface area contributed by atoms with Gasteiger partial charge in [0.25, 0.3) is 5.91 Å². The predicted molar refractivity (Wildman–Crippen MR) is 119 cm³/mol. The van der Waals surface area contributed by atoms with Gasteiger partial charge in [-0.3, -0.25) is 14.4 Å². The van der Waals surface area contributed by atoms with Crippen molar-refractivity contribution in [3.63, 3.8) is 0 Å². The van der Waals surface area contributed by atoms with Gasteiger partial charge < -0.3 is 9.47 Å². The lowest BCUT2D eigenvalue weighted by atomic mass is 9.90. The Hall–Kier alpha value is -3.84. The van der Waals surface area contributed by atoms with E-state index in [1.54, 1.807) is 43.5 Å². The van der Waals surface area contributed by atoms with E-state index in [1.807, 2.05) is 54.6 Å². The van der Waals surface area contributed by atoms with Gasteiger partial charge in [0, 0.05) is 0 Å². The van der Waals surface area contributed by atoms with Crippen LogP contribution in [0.15, 0.2) is 78.9 Å². The van der Waals surface area contributed by atoms with Gasteiger partial charge in [0.15, 0.2) is 6.10 Å². The number of methoxy groups -OCH3 is 2. The monoisotopic (exact) mass is 430 g/mol. The third-order valence-electron chi connectivity index (χ3n) is 5.91. The van der Waals surface area contributed by atoms with E-state index in [2.05, 4.69) is 0 Å². The van der Waals surface area contributed by atoms with Gasteiger partial charge in [0.2, 0.25) is 5.91 Å². The van der Waals surface area contributed by atoms with E-state index in [4.69, 9.17) is 14.3 Å². The molecule has 7 nitrogen and oxygen atoms in total. The van der Waals surface area contributed by atoms with Crippen molar-refractivity contribution < 1.29 is 23.9 Å². The van der Waals surface area contributed by atoms with E-state index < -0.39 is 18.1 Å². The number of ether oxygens (including phenoxy) is 2. The summed E-state index contributed by atoms with van der Waals surface area (Å²) in [6.45, 7) is 0. The summed E-state index contributed by atoms with van der Waals surface area (Å²) in [5, 5.41) is 1.68. The smallest absolute Gasteiger partial charge is 0.266 e. The van der Waals surface area contributed by atoms with Crippen LogP contribution in [-0.4, -0.2) is 32.1 Å². The van der Waals surface area contributed by atoms with E-state index in [0.29, 0.717) is 17.2 Å². The molecule has 0 aromatic heterocycles. The molecule has 0 N–H and O–H groups in total. The molecule has 0 unspecified atom stereocenters. The number of anilines is 2. The van der Waals surface area contributed by atoms with Crippen LogP contribution in [0.1, 0.15) is 11.6 Å². The number of para-hydroxylation sites is 1. The maximum absolute atomic E-state index is 13.6. The van der Waals surface area contributed by atoms with Crippen molar-refractivity contribution in [3.8, 4) is 11.5 Å². The normalized spacial score (nSPS) is 22.2. The van der Waals surface area contributed by atoms with E-state index >= 15 is 0 Å². The van der Waals surface area contributed by atoms with Gasteiger partial charge in [-0.25, -0.2) is 9.96 Å². The minimum atomic E-state index is -0.906. The van der Waals surface area contributed by atoms with Crippen molar-refractivity contribution in [1.82, 2.24) is 0 Å². The molecule has 2 saturated heterocycles. The van der Waals surface area contributed by atoms with Crippen molar-refractivity contribution in [2.24, 2.45) is 5.92 Å². The highest BCUT2D eigenvalue weighted by Gasteiger charge is 2.60. The molecule has 0 saturated carbocycles. The van der Waals surface area contributed by atoms with Crippen LogP contribution in [0.3, 0.4) is 0 Å². The topological polar surface area (TPSA) is 68.3 Å². The molecule has 162 valence electrons. The lowest BCUT2D eigenvalue weighted by molar-refractivity contribution is -0.126. The zero-order chi connectivity index (χ0) is 22.2. The van der Waals surface area contributed by atoms with E-state index in [0.717, 1.165) is 11.3 Å². The van der Waals surface area contributed by atoms with Gasteiger partial charge in [-0.1, -0.05) is 30.3 Å². The number of hydrogen-bond donors (Lipinski definition) is 0. The summed E-state index contributed by atoms with van der Waals surface area (Å²) < 4.78 is 10.5. The maximum Gasteiger partial charge on any atom is 0.266 e. The minimum Gasteiger partial charge on any atom is -0.497 e. The van der Waals surface area contributed by atoms with Gasteiger partial charge in [0.1, 0.15) is 17.4 Å². The molecular formula is C25H22N2O5. The molecule has 2 aliphatic rings. The summed E-state index contributed by atoms with van der Waals surface area (Å²) in [6.07, 6.45) is -0.906. The molecular weight excluding hydrogens is 408 g/mol. The Balaban J connectivity index is 1.55. The van der Waals surface area contributed by atoms with Gasteiger partial charge in [-0.15, -0.1) is 0 Å². The molecule has 0 radical (unpaired) electrons. The Bertz CT molecular complexity index is 1130. The first-order chi connectivity index (χ1) is 15.6. The van der Waals surface area contributed by atoms with Crippen LogP contribution in [0.2, 0.25) is 0 Å². The number of carbonyl (C=O) groups excluding carboxylic acids is 2. The molecule has 2 amide bonds. The highest BCUT2D eigenvalue weighted by atomic mass is 16.7. The molecule has 2 aliphatic heterocycles. The Morgan fingerprint density at radius 2 is 1.31 bits per heavy atom. The first-order valence-corrected chi connectivity index (χ1v) is 10.3. The lowest BCUT2D eigenvalue weighted by Crippen LogP contribution is -2.37.